The molecular formula is C19H25N7O15P2. The van der Waals surface area contributed by atoms with Crippen LogP contribution in [0.15, 0.2) is 34.5 Å². The molecule has 0 spiro atoms. The quantitative estimate of drug-likeness (QED) is 0.0981. The van der Waals surface area contributed by atoms with Gasteiger partial charge in [0.15, 0.2) is 23.9 Å². The first-order chi connectivity index (χ1) is 20.2. The maximum Gasteiger partial charge on any atom is 0.472 e. The number of nitrogen functional groups attached to an aromatic ring is 1. The number of nitrogens with zero attached hydrogens (tertiary/aromatic N) is 5. The number of fused-ring (bicyclic) bond motifs is 1. The van der Waals surface area contributed by atoms with Crippen LogP contribution in [0.3, 0.4) is 0 Å². The number of rotatable bonds is 10. The van der Waals surface area contributed by atoms with Gasteiger partial charge in [-0.1, -0.05) is 0 Å². The normalized spacial score (nSPS) is 31.0. The summed E-state index contributed by atoms with van der Waals surface area (Å²) in [4.78, 5) is 66.4. The van der Waals surface area contributed by atoms with Gasteiger partial charge in [-0.3, -0.25) is 32.5 Å². The van der Waals surface area contributed by atoms with Gasteiger partial charge in [0.1, 0.15) is 48.5 Å². The van der Waals surface area contributed by atoms with Gasteiger partial charge in [-0.05, 0) is 0 Å². The van der Waals surface area contributed by atoms with Crippen LogP contribution in [-0.4, -0.2) is 109 Å². The highest BCUT2D eigenvalue weighted by molar-refractivity contribution is 7.47. The van der Waals surface area contributed by atoms with Gasteiger partial charge in [0, 0.05) is 12.3 Å². The molecule has 24 heteroatoms. The van der Waals surface area contributed by atoms with Crippen LogP contribution >= 0.6 is 15.6 Å². The Morgan fingerprint density at radius 2 is 1.63 bits per heavy atom. The molecule has 2 aliphatic heterocycles. The minimum atomic E-state index is -5.29. The molecule has 5 rings (SSSR count). The number of aliphatic hydroxyl groups excluding tert-OH is 3. The van der Waals surface area contributed by atoms with Crippen LogP contribution in [0.5, 0.6) is 0 Å². The molecule has 3 aromatic heterocycles. The van der Waals surface area contributed by atoms with E-state index < -0.39 is 89.2 Å². The second-order valence-corrected chi connectivity index (χ2v) is 11.9. The maximum atomic E-state index is 12.9. The zero-order chi connectivity index (χ0) is 31.3. The summed E-state index contributed by atoms with van der Waals surface area (Å²) in [6.45, 7) is -1.79. The minimum Gasteiger partial charge on any atom is -0.394 e. The largest absolute Gasteiger partial charge is 0.472 e. The zero-order valence-electron chi connectivity index (χ0n) is 21.4. The Balaban J connectivity index is 1.32. The molecule has 0 saturated carbocycles. The van der Waals surface area contributed by atoms with Crippen molar-refractivity contribution in [2.45, 2.75) is 49.1 Å². The SMILES string of the molecule is Nc1ncnc2c1ncn2[C@@H]1O[C@H](CO)[C@@H](OP(=O)(O)OC[C@H]2O[C@@H](n3ccc(=O)[nH]c3=O)[C@H](O)[C@@H]2OP(=O)(O)O)[C@H]1O. The molecule has 0 amide bonds. The van der Waals surface area contributed by atoms with Crippen molar-refractivity contribution >= 4 is 32.6 Å². The Morgan fingerprint density at radius 1 is 0.977 bits per heavy atom. The fourth-order valence-corrected chi connectivity index (χ4v) is 6.18. The molecule has 2 saturated heterocycles. The van der Waals surface area contributed by atoms with Crippen molar-refractivity contribution in [1.82, 2.24) is 29.1 Å². The fourth-order valence-electron chi connectivity index (χ4n) is 4.63. The average molecular weight is 653 g/mol. The van der Waals surface area contributed by atoms with Crippen LogP contribution in [0.2, 0.25) is 0 Å². The summed E-state index contributed by atoms with van der Waals surface area (Å²) in [5.41, 5.74) is 4.25. The molecule has 0 aliphatic carbocycles. The average Bonchev–Trinajstić information content (AvgIpc) is 3.57. The van der Waals surface area contributed by atoms with E-state index in [1.165, 1.54) is 10.9 Å². The standard InChI is InChI=1S/C19H25N7O15P2/c20-15-10-16(22-5-21-15)26(6-23-10)18-11(29)13(7(3-27)38-18)41-43(35,36)37-4-8-14(40-42(32,33)34)12(30)17(39-8)25-2-1-9(28)24-19(25)31/h1-2,5-8,11-14,17-18,27,29-30H,3-4H2,(H,35,36)(H2,20,21,22)(H,24,28,31)(H2,32,33,34)/t7-,8-,11-,12-,13-,14-,17-,18-/m1/s1. The lowest BCUT2D eigenvalue weighted by molar-refractivity contribution is -0.0608. The van der Waals surface area contributed by atoms with Gasteiger partial charge in [0.2, 0.25) is 0 Å². The van der Waals surface area contributed by atoms with E-state index in [0.717, 1.165) is 18.6 Å². The van der Waals surface area contributed by atoms with Gasteiger partial charge < -0.3 is 45.2 Å². The second-order valence-electron chi connectivity index (χ2n) is 9.29. The molecule has 2 aliphatic rings. The van der Waals surface area contributed by atoms with E-state index in [9.17, 15) is 48.7 Å². The third-order valence-corrected chi connectivity index (χ3v) is 8.00. The number of nitrogens with one attached hydrogen (secondary N) is 1. The number of aliphatic hydroxyl groups is 3. The third-order valence-electron chi connectivity index (χ3n) is 6.50. The summed E-state index contributed by atoms with van der Waals surface area (Å²) in [6.07, 6.45) is -10.0. The molecule has 0 aromatic carbocycles. The predicted molar refractivity (Wildman–Crippen MR) is 136 cm³/mol. The number of H-pyrrole nitrogens is 1. The molecule has 1 unspecified atom stereocenters. The molecule has 43 heavy (non-hydrogen) atoms. The number of hydrogen-bond donors (Lipinski definition) is 8. The van der Waals surface area contributed by atoms with Gasteiger partial charge in [-0.25, -0.2) is 28.9 Å². The topological polar surface area (TPSA) is 326 Å². The van der Waals surface area contributed by atoms with Gasteiger partial charge in [-0.15, -0.1) is 0 Å². The van der Waals surface area contributed by atoms with Crippen LogP contribution in [0.1, 0.15) is 12.5 Å². The fraction of sp³-hybridized carbons (Fsp3) is 0.526. The molecule has 5 heterocycles. The number of phosphoric ester groups is 2. The van der Waals surface area contributed by atoms with Crippen LogP contribution in [-0.2, 0) is 32.2 Å². The van der Waals surface area contributed by atoms with Crippen molar-refractivity contribution in [2.75, 3.05) is 18.9 Å². The van der Waals surface area contributed by atoms with Crippen molar-refractivity contribution in [3.8, 4) is 0 Å². The number of phosphoric acid groups is 2. The summed E-state index contributed by atoms with van der Waals surface area (Å²) >= 11 is 0. The monoisotopic (exact) mass is 653 g/mol. The lowest BCUT2D eigenvalue weighted by atomic mass is 10.1. The van der Waals surface area contributed by atoms with E-state index in [1.807, 2.05) is 4.98 Å². The van der Waals surface area contributed by atoms with E-state index in [1.54, 1.807) is 0 Å². The molecule has 2 fully saturated rings. The Kier molecular flexibility index (Phi) is 8.68. The molecular weight excluding hydrogens is 628 g/mol. The highest BCUT2D eigenvalue weighted by Crippen LogP contribution is 2.50. The highest BCUT2D eigenvalue weighted by Gasteiger charge is 2.51. The molecule has 9 atom stereocenters. The van der Waals surface area contributed by atoms with Crippen LogP contribution in [0.4, 0.5) is 5.82 Å². The maximum absolute atomic E-state index is 12.9. The van der Waals surface area contributed by atoms with E-state index in [4.69, 9.17) is 24.3 Å². The third kappa shape index (κ3) is 6.47. The van der Waals surface area contributed by atoms with Crippen molar-refractivity contribution in [2.24, 2.45) is 0 Å². The van der Waals surface area contributed by atoms with E-state index in [2.05, 4.69) is 19.5 Å². The molecule has 236 valence electrons. The number of aromatic nitrogens is 6. The lowest BCUT2D eigenvalue weighted by Crippen LogP contribution is -2.38. The van der Waals surface area contributed by atoms with E-state index in [-0.39, 0.29) is 17.0 Å². The highest BCUT2D eigenvalue weighted by atomic mass is 31.2. The smallest absolute Gasteiger partial charge is 0.394 e. The number of ether oxygens (including phenoxy) is 2. The van der Waals surface area contributed by atoms with Crippen LogP contribution in [0.25, 0.3) is 11.2 Å². The first kappa shape index (κ1) is 31.5. The van der Waals surface area contributed by atoms with Crippen molar-refractivity contribution in [3.05, 3.63) is 45.8 Å². The summed E-state index contributed by atoms with van der Waals surface area (Å²) in [7, 11) is -10.5. The summed E-state index contributed by atoms with van der Waals surface area (Å²) in [5, 5.41) is 31.3. The van der Waals surface area contributed by atoms with Crippen LogP contribution in [0, 0.1) is 0 Å². The van der Waals surface area contributed by atoms with Crippen molar-refractivity contribution < 1.29 is 62.2 Å². The van der Waals surface area contributed by atoms with Crippen molar-refractivity contribution in [1.29, 1.82) is 0 Å². The number of hydrogen-bond acceptors (Lipinski definition) is 16. The van der Waals surface area contributed by atoms with E-state index >= 15 is 0 Å². The first-order valence-corrected chi connectivity index (χ1v) is 15.1. The number of anilines is 1. The van der Waals surface area contributed by atoms with Crippen LogP contribution < -0.4 is 17.0 Å². The molecule has 0 bridgehead atoms. The summed E-state index contributed by atoms with van der Waals surface area (Å²) in [5.74, 6) is 0.0314. The zero-order valence-corrected chi connectivity index (χ0v) is 23.2. The Morgan fingerprint density at radius 3 is 2.28 bits per heavy atom. The Hall–Kier alpha value is -2.95. The number of aromatic amines is 1. The molecule has 3 aromatic rings. The Bertz CT molecular complexity index is 1690. The molecule has 22 nitrogen and oxygen atoms in total. The lowest BCUT2D eigenvalue weighted by Gasteiger charge is -2.24. The van der Waals surface area contributed by atoms with Gasteiger partial charge in [0.25, 0.3) is 5.56 Å². The van der Waals surface area contributed by atoms with Crippen molar-refractivity contribution in [3.63, 3.8) is 0 Å². The van der Waals surface area contributed by atoms with Gasteiger partial charge in [0.05, 0.1) is 19.5 Å². The predicted octanol–water partition coefficient (Wildman–Crippen LogP) is -3.55. The van der Waals surface area contributed by atoms with E-state index in [0.29, 0.717) is 4.57 Å². The summed E-state index contributed by atoms with van der Waals surface area (Å²) in [6, 6.07) is 0.907. The first-order valence-electron chi connectivity index (χ1n) is 12.1. The minimum absolute atomic E-state index is 0.0314. The second kappa shape index (κ2) is 11.9. The van der Waals surface area contributed by atoms with Gasteiger partial charge >= 0.3 is 21.3 Å². The summed E-state index contributed by atoms with van der Waals surface area (Å²) < 4.78 is 52.0. The molecule has 9 N–H and O–H groups in total. The number of nitrogens with two attached hydrogens (primary N) is 1. The number of imidazole rings is 1. The van der Waals surface area contributed by atoms with Gasteiger partial charge in [-0.2, -0.15) is 0 Å². The molecule has 0 radical (unpaired) electrons. The Labute approximate surface area is 238 Å².